The smallest absolute Gasteiger partial charge is 0.506 e. The van der Waals surface area contributed by atoms with Crippen molar-refractivity contribution in [2.75, 3.05) is 0 Å². The van der Waals surface area contributed by atoms with Gasteiger partial charge < -0.3 is 14.9 Å². The van der Waals surface area contributed by atoms with Crippen molar-refractivity contribution in [1.82, 2.24) is 0 Å². The molecule has 0 fully saturated rings. The molecule has 0 spiro atoms. The molecule has 1 aliphatic rings. The lowest BCUT2D eigenvalue weighted by Gasteiger charge is -2.21. The van der Waals surface area contributed by atoms with E-state index in [0.717, 1.165) is 17.6 Å². The molecule has 2 N–H and O–H groups in total. The normalized spacial score (nSPS) is 19.8. The molecule has 1 atom stereocenters. The molecule has 0 heterocycles. The van der Waals surface area contributed by atoms with Gasteiger partial charge in [0.25, 0.3) is 0 Å². The topological polar surface area (TPSA) is 66.8 Å². The van der Waals surface area contributed by atoms with E-state index in [-0.39, 0.29) is 5.75 Å². The van der Waals surface area contributed by atoms with E-state index >= 15 is 0 Å². The number of phenolic OH excluding ortho intramolecular Hbond substituents is 1. The van der Waals surface area contributed by atoms with E-state index in [1.807, 2.05) is 19.1 Å². The summed E-state index contributed by atoms with van der Waals surface area (Å²) in [5.74, 6) is 0.152. The van der Waals surface area contributed by atoms with Crippen molar-refractivity contribution >= 4 is 12.2 Å². The Labute approximate surface area is 117 Å². The predicted molar refractivity (Wildman–Crippen MR) is 76.5 cm³/mol. The van der Waals surface area contributed by atoms with Crippen LogP contribution in [-0.2, 0) is 4.74 Å². The molecule has 1 aliphatic carbocycles. The minimum Gasteiger partial charge on any atom is -0.507 e. The van der Waals surface area contributed by atoms with Crippen LogP contribution in [0.25, 0.3) is 6.08 Å². The first-order chi connectivity index (χ1) is 9.61. The molecule has 1 aromatic rings. The Hall–Kier alpha value is -2.49. The fourth-order valence-corrected chi connectivity index (χ4v) is 2.14. The molecule has 4 heteroatoms. The summed E-state index contributed by atoms with van der Waals surface area (Å²) < 4.78 is 4.89. The molecule has 2 rings (SSSR count). The molecule has 1 unspecified atom stereocenters. The van der Waals surface area contributed by atoms with Gasteiger partial charge in [0, 0.05) is 11.1 Å². The molecule has 0 aliphatic heterocycles. The van der Waals surface area contributed by atoms with E-state index in [9.17, 15) is 9.90 Å². The van der Waals surface area contributed by atoms with Crippen molar-refractivity contribution in [1.29, 1.82) is 0 Å². The third-order valence-corrected chi connectivity index (χ3v) is 3.12. The first-order valence-corrected chi connectivity index (χ1v) is 6.38. The number of hydrogen-bond donors (Lipinski definition) is 2. The number of phenols is 1. The monoisotopic (exact) mass is 272 g/mol. The lowest BCUT2D eigenvalue weighted by molar-refractivity contribution is 0.0805. The third-order valence-electron chi connectivity index (χ3n) is 3.12. The summed E-state index contributed by atoms with van der Waals surface area (Å²) >= 11 is 0. The van der Waals surface area contributed by atoms with Gasteiger partial charge in [-0.15, -0.1) is 0 Å². The van der Waals surface area contributed by atoms with Crippen LogP contribution in [0.3, 0.4) is 0 Å². The highest BCUT2D eigenvalue weighted by molar-refractivity contribution is 5.67. The standard InChI is InChI=1S/C16H16O4/c1-2-11-7-5-9-15(20-16(18)19)13(11)10-12-6-3-4-8-14(12)17/h3-10,15,17H,2H2,1H3,(H,18,19). The number of benzene rings is 1. The Kier molecular flexibility index (Phi) is 4.25. The van der Waals surface area contributed by atoms with Crippen LogP contribution in [-0.4, -0.2) is 22.5 Å². The van der Waals surface area contributed by atoms with Gasteiger partial charge in [0.05, 0.1) is 0 Å². The Morgan fingerprint density at radius 2 is 2.15 bits per heavy atom. The van der Waals surface area contributed by atoms with E-state index in [2.05, 4.69) is 0 Å². The highest BCUT2D eigenvalue weighted by atomic mass is 16.7. The SMILES string of the molecule is CCC1=CC=CC(OC(=O)O)C1=Cc1ccccc1O. The Balaban J connectivity index is 2.42. The highest BCUT2D eigenvalue weighted by Crippen LogP contribution is 2.29. The molecule has 0 amide bonds. The summed E-state index contributed by atoms with van der Waals surface area (Å²) in [5.41, 5.74) is 2.37. The van der Waals surface area contributed by atoms with Gasteiger partial charge in [-0.3, -0.25) is 0 Å². The van der Waals surface area contributed by atoms with Crippen LogP contribution in [0, 0.1) is 0 Å². The number of para-hydroxylation sites is 1. The zero-order valence-corrected chi connectivity index (χ0v) is 11.1. The largest absolute Gasteiger partial charge is 0.507 e. The van der Waals surface area contributed by atoms with Gasteiger partial charge in [0.2, 0.25) is 0 Å². The van der Waals surface area contributed by atoms with Gasteiger partial charge in [0.15, 0.2) is 0 Å². The molecule has 4 nitrogen and oxygen atoms in total. The van der Waals surface area contributed by atoms with Crippen molar-refractivity contribution in [2.45, 2.75) is 19.4 Å². The minimum atomic E-state index is -1.32. The average Bonchev–Trinajstić information content (AvgIpc) is 2.42. The molecule has 20 heavy (non-hydrogen) atoms. The van der Waals surface area contributed by atoms with Gasteiger partial charge in [-0.1, -0.05) is 37.3 Å². The first kappa shape index (κ1) is 13.9. The Bertz CT molecular complexity index is 596. The maximum absolute atomic E-state index is 10.8. The fraction of sp³-hybridized carbons (Fsp3) is 0.188. The van der Waals surface area contributed by atoms with Crippen LogP contribution in [0.4, 0.5) is 4.79 Å². The van der Waals surface area contributed by atoms with E-state index in [1.54, 1.807) is 36.4 Å². The molecule has 0 saturated heterocycles. The maximum atomic E-state index is 10.8. The Morgan fingerprint density at radius 1 is 1.40 bits per heavy atom. The van der Waals surface area contributed by atoms with Crippen LogP contribution < -0.4 is 0 Å². The average molecular weight is 272 g/mol. The van der Waals surface area contributed by atoms with Crippen molar-refractivity contribution in [3.05, 3.63) is 59.2 Å². The van der Waals surface area contributed by atoms with Gasteiger partial charge in [-0.05, 0) is 30.2 Å². The number of rotatable bonds is 3. The van der Waals surface area contributed by atoms with Crippen LogP contribution in [0.15, 0.2) is 53.6 Å². The molecule has 0 saturated carbocycles. The summed E-state index contributed by atoms with van der Waals surface area (Å²) in [6, 6.07) is 6.91. The van der Waals surface area contributed by atoms with Crippen molar-refractivity contribution in [3.63, 3.8) is 0 Å². The molecule has 0 radical (unpaired) electrons. The van der Waals surface area contributed by atoms with Crippen LogP contribution in [0.5, 0.6) is 5.75 Å². The summed E-state index contributed by atoms with van der Waals surface area (Å²) in [4.78, 5) is 10.8. The third kappa shape index (κ3) is 3.09. The predicted octanol–water partition coefficient (Wildman–Crippen LogP) is 3.75. The molecule has 104 valence electrons. The Morgan fingerprint density at radius 3 is 2.80 bits per heavy atom. The van der Waals surface area contributed by atoms with Crippen LogP contribution in [0.2, 0.25) is 0 Å². The van der Waals surface area contributed by atoms with Crippen molar-refractivity contribution in [3.8, 4) is 5.75 Å². The van der Waals surface area contributed by atoms with E-state index in [0.29, 0.717) is 5.56 Å². The summed E-state index contributed by atoms with van der Waals surface area (Å²) in [7, 11) is 0. The van der Waals surface area contributed by atoms with Crippen molar-refractivity contribution in [2.24, 2.45) is 0 Å². The zero-order chi connectivity index (χ0) is 14.5. The van der Waals surface area contributed by atoms with Gasteiger partial charge in [-0.2, -0.15) is 0 Å². The number of carboxylic acid groups (broad SMARTS) is 1. The van der Waals surface area contributed by atoms with E-state index in [4.69, 9.17) is 9.84 Å². The van der Waals surface area contributed by atoms with Crippen LogP contribution in [0.1, 0.15) is 18.9 Å². The number of carbonyl (C=O) groups is 1. The second kappa shape index (κ2) is 6.10. The summed E-state index contributed by atoms with van der Waals surface area (Å²) in [5, 5.41) is 18.6. The lowest BCUT2D eigenvalue weighted by Crippen LogP contribution is -2.19. The highest BCUT2D eigenvalue weighted by Gasteiger charge is 2.21. The zero-order valence-electron chi connectivity index (χ0n) is 11.1. The van der Waals surface area contributed by atoms with E-state index in [1.165, 1.54) is 0 Å². The van der Waals surface area contributed by atoms with Crippen molar-refractivity contribution < 1.29 is 19.7 Å². The number of hydrogen-bond acceptors (Lipinski definition) is 3. The molecular weight excluding hydrogens is 256 g/mol. The number of allylic oxidation sites excluding steroid dienone is 2. The minimum absolute atomic E-state index is 0.152. The maximum Gasteiger partial charge on any atom is 0.506 e. The molecular formula is C16H16O4. The first-order valence-electron chi connectivity index (χ1n) is 6.38. The van der Waals surface area contributed by atoms with E-state index < -0.39 is 12.3 Å². The van der Waals surface area contributed by atoms with Gasteiger partial charge in [-0.25, -0.2) is 4.79 Å². The van der Waals surface area contributed by atoms with Gasteiger partial charge >= 0.3 is 6.16 Å². The number of aromatic hydroxyl groups is 1. The second-order valence-corrected chi connectivity index (χ2v) is 4.39. The summed E-state index contributed by atoms with van der Waals surface area (Å²) in [6.07, 6.45) is 5.94. The summed E-state index contributed by atoms with van der Waals surface area (Å²) in [6.45, 7) is 1.99. The lowest BCUT2D eigenvalue weighted by atomic mass is 9.91. The second-order valence-electron chi connectivity index (χ2n) is 4.39. The van der Waals surface area contributed by atoms with Gasteiger partial charge in [0.1, 0.15) is 11.9 Å². The molecule has 0 bridgehead atoms. The fourth-order valence-electron chi connectivity index (χ4n) is 2.14. The quantitative estimate of drug-likeness (QED) is 0.822. The van der Waals surface area contributed by atoms with Crippen LogP contribution >= 0.6 is 0 Å². The number of ether oxygens (including phenoxy) is 1. The molecule has 1 aromatic carbocycles. The molecule has 0 aromatic heterocycles.